The number of hydrogen-bond donors (Lipinski definition) is 0. The van der Waals surface area contributed by atoms with Crippen LogP contribution in [0, 0.1) is 10.1 Å². The monoisotopic (exact) mass is 311 g/mol. The Morgan fingerprint density at radius 1 is 1.48 bits per heavy atom. The summed E-state index contributed by atoms with van der Waals surface area (Å²) in [5, 5.41) is 22.2. The van der Waals surface area contributed by atoms with E-state index in [-0.39, 0.29) is 17.3 Å². The van der Waals surface area contributed by atoms with E-state index in [1.54, 1.807) is 4.68 Å². The molecule has 0 saturated heterocycles. The third-order valence-corrected chi connectivity index (χ3v) is 3.11. The van der Waals surface area contributed by atoms with Crippen LogP contribution in [0.3, 0.4) is 0 Å². The molecule has 0 saturated carbocycles. The summed E-state index contributed by atoms with van der Waals surface area (Å²) >= 11 is 5.95. The van der Waals surface area contributed by atoms with Crippen LogP contribution in [0.2, 0.25) is 5.02 Å². The van der Waals surface area contributed by atoms with Gasteiger partial charge in [-0.3, -0.25) is 10.1 Å². The lowest BCUT2D eigenvalue weighted by Crippen LogP contribution is -2.09. The van der Waals surface area contributed by atoms with Gasteiger partial charge in [0.2, 0.25) is 0 Å². The highest BCUT2D eigenvalue weighted by molar-refractivity contribution is 6.32. The number of hydrogen-bond acceptors (Lipinski definition) is 6. The third-order valence-electron chi connectivity index (χ3n) is 2.81. The first kappa shape index (κ1) is 15.2. The molecule has 0 fully saturated rings. The average molecular weight is 312 g/mol. The number of rotatable bonds is 7. The molecule has 0 spiro atoms. The highest BCUT2D eigenvalue weighted by atomic mass is 35.5. The van der Waals surface area contributed by atoms with Crippen LogP contribution < -0.4 is 4.74 Å². The fourth-order valence-electron chi connectivity index (χ4n) is 1.67. The zero-order valence-electron chi connectivity index (χ0n) is 11.4. The quantitative estimate of drug-likeness (QED) is 0.576. The predicted molar refractivity (Wildman–Crippen MR) is 75.2 cm³/mol. The summed E-state index contributed by atoms with van der Waals surface area (Å²) in [6.45, 7) is 2.95. The Morgan fingerprint density at radius 3 is 2.95 bits per heavy atom. The van der Waals surface area contributed by atoms with Crippen LogP contribution in [0.25, 0.3) is 0 Å². The van der Waals surface area contributed by atoms with Gasteiger partial charge in [0.1, 0.15) is 12.4 Å². The minimum absolute atomic E-state index is 0.0832. The fourth-order valence-corrected chi connectivity index (χ4v) is 1.90. The molecule has 1 aromatic carbocycles. The highest BCUT2D eigenvalue weighted by Gasteiger charge is 2.12. The van der Waals surface area contributed by atoms with Crippen molar-refractivity contribution in [1.82, 2.24) is 20.2 Å². The molecule has 8 nitrogen and oxygen atoms in total. The number of halogens is 1. The number of unbranched alkanes of at least 4 members (excludes halogenated alkanes) is 1. The summed E-state index contributed by atoms with van der Waals surface area (Å²) in [6, 6.07) is 4.04. The van der Waals surface area contributed by atoms with Crippen LogP contribution in [-0.2, 0) is 13.2 Å². The minimum atomic E-state index is -0.513. The number of tetrazole rings is 1. The van der Waals surface area contributed by atoms with Gasteiger partial charge in [0.05, 0.1) is 9.95 Å². The molecular formula is C12H14ClN5O3. The van der Waals surface area contributed by atoms with E-state index in [0.29, 0.717) is 11.6 Å². The van der Waals surface area contributed by atoms with E-state index in [2.05, 4.69) is 22.4 Å². The summed E-state index contributed by atoms with van der Waals surface area (Å²) < 4.78 is 7.19. The van der Waals surface area contributed by atoms with Gasteiger partial charge in [-0.05, 0) is 22.9 Å². The van der Waals surface area contributed by atoms with Crippen LogP contribution in [0.4, 0.5) is 5.69 Å². The molecule has 1 heterocycles. The van der Waals surface area contributed by atoms with Gasteiger partial charge in [-0.15, -0.1) is 5.10 Å². The lowest BCUT2D eigenvalue weighted by Gasteiger charge is -2.08. The molecule has 0 atom stereocenters. The standard InChI is InChI=1S/C12H14ClN5O3/c1-2-3-6-17-12(14-15-16-17)8-21-11-5-4-9(18(19)20)7-10(11)13/h4-5,7H,2-3,6,8H2,1H3. The predicted octanol–water partition coefficient (Wildman–Crippen LogP) is 2.61. The van der Waals surface area contributed by atoms with E-state index in [4.69, 9.17) is 16.3 Å². The fraction of sp³-hybridized carbons (Fsp3) is 0.417. The number of non-ortho nitro benzene ring substituents is 1. The molecule has 9 heteroatoms. The number of aromatic nitrogens is 4. The average Bonchev–Trinajstić information content (AvgIpc) is 2.91. The molecule has 0 bridgehead atoms. The smallest absolute Gasteiger partial charge is 0.271 e. The Labute approximate surface area is 125 Å². The summed E-state index contributed by atoms with van der Waals surface area (Å²) in [4.78, 5) is 10.1. The molecule has 21 heavy (non-hydrogen) atoms. The van der Waals surface area contributed by atoms with Crippen LogP contribution in [0.1, 0.15) is 25.6 Å². The second kappa shape index (κ2) is 6.98. The van der Waals surface area contributed by atoms with Gasteiger partial charge in [-0.2, -0.15) is 0 Å². The molecule has 2 aromatic rings. The number of ether oxygens (including phenoxy) is 1. The molecular weight excluding hydrogens is 298 g/mol. The van der Waals surface area contributed by atoms with Crippen molar-refractivity contribution in [3.05, 3.63) is 39.2 Å². The number of nitro benzene ring substituents is 1. The molecule has 0 aliphatic carbocycles. The van der Waals surface area contributed by atoms with Crippen molar-refractivity contribution >= 4 is 17.3 Å². The van der Waals surface area contributed by atoms with Crippen molar-refractivity contribution < 1.29 is 9.66 Å². The summed E-state index contributed by atoms with van der Waals surface area (Å²) in [7, 11) is 0. The maximum atomic E-state index is 10.6. The van der Waals surface area contributed by atoms with Crippen molar-refractivity contribution in [2.75, 3.05) is 0 Å². The zero-order chi connectivity index (χ0) is 15.2. The molecule has 2 rings (SSSR count). The molecule has 0 N–H and O–H groups in total. The summed E-state index contributed by atoms with van der Waals surface area (Å²) in [5.41, 5.74) is -0.0832. The van der Waals surface area contributed by atoms with E-state index < -0.39 is 4.92 Å². The van der Waals surface area contributed by atoms with Crippen LogP contribution in [0.5, 0.6) is 5.75 Å². The number of aryl methyl sites for hydroxylation is 1. The van der Waals surface area contributed by atoms with Crippen LogP contribution in [-0.4, -0.2) is 25.1 Å². The van der Waals surface area contributed by atoms with Gasteiger partial charge in [0.25, 0.3) is 5.69 Å². The van der Waals surface area contributed by atoms with Crippen molar-refractivity contribution in [3.63, 3.8) is 0 Å². The largest absolute Gasteiger partial charge is 0.484 e. The first-order chi connectivity index (χ1) is 10.1. The zero-order valence-corrected chi connectivity index (χ0v) is 12.2. The molecule has 112 valence electrons. The number of benzene rings is 1. The molecule has 0 aliphatic rings. The molecule has 0 aliphatic heterocycles. The van der Waals surface area contributed by atoms with Crippen molar-refractivity contribution in [3.8, 4) is 5.75 Å². The Morgan fingerprint density at radius 2 is 2.29 bits per heavy atom. The van der Waals surface area contributed by atoms with E-state index in [0.717, 1.165) is 19.4 Å². The van der Waals surface area contributed by atoms with E-state index in [9.17, 15) is 10.1 Å². The van der Waals surface area contributed by atoms with Crippen LogP contribution in [0.15, 0.2) is 18.2 Å². The van der Waals surface area contributed by atoms with Crippen molar-refractivity contribution in [1.29, 1.82) is 0 Å². The van der Waals surface area contributed by atoms with Gasteiger partial charge < -0.3 is 4.74 Å². The Kier molecular flexibility index (Phi) is 5.04. The van der Waals surface area contributed by atoms with Gasteiger partial charge in [0.15, 0.2) is 5.82 Å². The lowest BCUT2D eigenvalue weighted by atomic mass is 10.3. The molecule has 0 radical (unpaired) electrons. The van der Waals surface area contributed by atoms with Crippen molar-refractivity contribution in [2.24, 2.45) is 0 Å². The van der Waals surface area contributed by atoms with Gasteiger partial charge in [-0.1, -0.05) is 24.9 Å². The van der Waals surface area contributed by atoms with Gasteiger partial charge in [-0.25, -0.2) is 4.68 Å². The van der Waals surface area contributed by atoms with Crippen molar-refractivity contribution in [2.45, 2.75) is 32.9 Å². The summed E-state index contributed by atoms with van der Waals surface area (Å²) in [6.07, 6.45) is 2.00. The SMILES string of the molecule is CCCCn1nnnc1COc1ccc([N+](=O)[O-])cc1Cl. The molecule has 0 amide bonds. The first-order valence-electron chi connectivity index (χ1n) is 6.43. The normalized spacial score (nSPS) is 10.6. The Balaban J connectivity index is 2.03. The first-order valence-corrected chi connectivity index (χ1v) is 6.81. The molecule has 0 unspecified atom stereocenters. The maximum absolute atomic E-state index is 10.6. The number of nitrogens with zero attached hydrogens (tertiary/aromatic N) is 5. The minimum Gasteiger partial charge on any atom is -0.484 e. The topological polar surface area (TPSA) is 96.0 Å². The summed E-state index contributed by atoms with van der Waals surface area (Å²) in [5.74, 6) is 0.935. The maximum Gasteiger partial charge on any atom is 0.271 e. The Bertz CT molecular complexity index is 631. The third kappa shape index (κ3) is 3.88. The second-order valence-corrected chi connectivity index (χ2v) is 4.74. The van der Waals surface area contributed by atoms with Gasteiger partial charge in [0, 0.05) is 18.7 Å². The molecule has 1 aromatic heterocycles. The van der Waals surface area contributed by atoms with E-state index >= 15 is 0 Å². The van der Waals surface area contributed by atoms with Gasteiger partial charge >= 0.3 is 0 Å². The lowest BCUT2D eigenvalue weighted by molar-refractivity contribution is -0.384. The van der Waals surface area contributed by atoms with Crippen LogP contribution >= 0.6 is 11.6 Å². The Hall–Kier alpha value is -2.22. The number of nitro groups is 1. The second-order valence-electron chi connectivity index (χ2n) is 4.33. The van der Waals surface area contributed by atoms with E-state index in [1.165, 1.54) is 18.2 Å². The highest BCUT2D eigenvalue weighted by Crippen LogP contribution is 2.29. The van der Waals surface area contributed by atoms with E-state index in [1.807, 2.05) is 0 Å².